The average molecular weight is 790 g/mol. The van der Waals surface area contributed by atoms with Crippen molar-refractivity contribution in [3.05, 3.63) is 12.2 Å². The van der Waals surface area contributed by atoms with Crippen LogP contribution in [0.25, 0.3) is 0 Å². The molecule has 0 radical (unpaired) electrons. The van der Waals surface area contributed by atoms with Crippen LogP contribution in [0.3, 0.4) is 0 Å². The summed E-state index contributed by atoms with van der Waals surface area (Å²) in [5.74, 6) is -0.0569. The van der Waals surface area contributed by atoms with Gasteiger partial charge >= 0.3 is 0 Å². The van der Waals surface area contributed by atoms with Gasteiger partial charge in [0.05, 0.1) is 18.8 Å². The van der Waals surface area contributed by atoms with Gasteiger partial charge in [0.1, 0.15) is 0 Å². The largest absolute Gasteiger partial charge is 0.394 e. The van der Waals surface area contributed by atoms with Crippen LogP contribution in [0.5, 0.6) is 0 Å². The first-order valence-electron chi connectivity index (χ1n) is 25.9. The van der Waals surface area contributed by atoms with Crippen molar-refractivity contribution in [1.82, 2.24) is 5.32 Å². The van der Waals surface area contributed by atoms with E-state index in [-0.39, 0.29) is 12.5 Å². The minimum absolute atomic E-state index is 0.0569. The normalized spacial score (nSPS) is 12.9. The molecule has 0 saturated carbocycles. The Hall–Kier alpha value is -0.870. The molecule has 56 heavy (non-hydrogen) atoms. The lowest BCUT2D eigenvalue weighted by atomic mass is 10.0. The van der Waals surface area contributed by atoms with E-state index >= 15 is 0 Å². The number of unbranched alkanes of at least 4 members (excludes halogenated alkanes) is 41. The first-order chi connectivity index (χ1) is 27.7. The molecule has 0 heterocycles. The highest BCUT2D eigenvalue weighted by Gasteiger charge is 2.18. The molecule has 1 amide bonds. The monoisotopic (exact) mass is 790 g/mol. The van der Waals surface area contributed by atoms with Crippen LogP contribution >= 0.6 is 0 Å². The molecule has 0 fully saturated rings. The fraction of sp³-hybridized carbons (Fsp3) is 0.942. The fourth-order valence-corrected chi connectivity index (χ4v) is 8.30. The van der Waals surface area contributed by atoms with Gasteiger partial charge in [-0.15, -0.1) is 0 Å². The molecule has 0 rings (SSSR count). The van der Waals surface area contributed by atoms with Crippen LogP contribution in [0, 0.1) is 0 Å². The Morgan fingerprint density at radius 3 is 0.929 bits per heavy atom. The molecular formula is C52H103NO3. The van der Waals surface area contributed by atoms with Crippen LogP contribution in [-0.4, -0.2) is 34.9 Å². The van der Waals surface area contributed by atoms with E-state index in [1.165, 1.54) is 250 Å². The summed E-state index contributed by atoms with van der Waals surface area (Å²) in [6.45, 7) is 4.34. The Balaban J connectivity index is 3.44. The summed E-state index contributed by atoms with van der Waals surface area (Å²) < 4.78 is 0. The first kappa shape index (κ1) is 55.1. The van der Waals surface area contributed by atoms with Crippen molar-refractivity contribution in [2.75, 3.05) is 6.61 Å². The number of aliphatic hydroxyl groups excluding tert-OH is 2. The Morgan fingerprint density at radius 2 is 0.661 bits per heavy atom. The van der Waals surface area contributed by atoms with E-state index in [1.807, 2.05) is 6.08 Å². The Labute approximate surface area is 352 Å². The Morgan fingerprint density at radius 1 is 0.411 bits per heavy atom. The summed E-state index contributed by atoms with van der Waals surface area (Å²) in [5, 5.41) is 23.1. The number of carbonyl (C=O) groups is 1. The maximum atomic E-state index is 12.4. The third-order valence-electron chi connectivity index (χ3n) is 12.3. The van der Waals surface area contributed by atoms with E-state index < -0.39 is 12.1 Å². The predicted molar refractivity (Wildman–Crippen MR) is 249 cm³/mol. The molecule has 2 atom stereocenters. The summed E-state index contributed by atoms with van der Waals surface area (Å²) in [4.78, 5) is 12.4. The number of hydrogen-bond donors (Lipinski definition) is 3. The van der Waals surface area contributed by atoms with E-state index in [0.717, 1.165) is 25.7 Å². The van der Waals surface area contributed by atoms with Gasteiger partial charge in [0.2, 0.25) is 5.91 Å². The summed E-state index contributed by atoms with van der Waals surface area (Å²) >= 11 is 0. The highest BCUT2D eigenvalue weighted by atomic mass is 16.3. The number of carbonyl (C=O) groups excluding carboxylic acids is 1. The predicted octanol–water partition coefficient (Wildman–Crippen LogP) is 16.6. The van der Waals surface area contributed by atoms with Crippen LogP contribution in [0.4, 0.5) is 0 Å². The van der Waals surface area contributed by atoms with Gasteiger partial charge in [0.25, 0.3) is 0 Å². The van der Waals surface area contributed by atoms with Crippen molar-refractivity contribution < 1.29 is 15.0 Å². The van der Waals surface area contributed by atoms with Gasteiger partial charge in [-0.2, -0.15) is 0 Å². The van der Waals surface area contributed by atoms with E-state index in [0.29, 0.717) is 6.42 Å². The number of nitrogens with one attached hydrogen (secondary N) is 1. The number of rotatable bonds is 48. The standard InChI is InChI=1S/C52H103NO3/c1-3-5-7-9-11-13-15-17-19-21-22-23-24-25-26-27-28-29-30-32-34-36-38-40-42-44-46-48-52(56)53-50(49-54)51(55)47-45-43-41-39-37-35-33-31-20-18-16-14-12-10-8-6-4-2/h45,47,50-51,54-55H,3-44,46,48-49H2,1-2H3,(H,53,56)/b47-45+. The highest BCUT2D eigenvalue weighted by molar-refractivity contribution is 5.76. The molecule has 3 N–H and O–H groups in total. The molecule has 0 saturated heterocycles. The van der Waals surface area contributed by atoms with Crippen molar-refractivity contribution in [2.24, 2.45) is 0 Å². The van der Waals surface area contributed by atoms with Crippen molar-refractivity contribution in [3.63, 3.8) is 0 Å². The zero-order valence-corrected chi connectivity index (χ0v) is 38.4. The molecule has 0 aliphatic heterocycles. The maximum Gasteiger partial charge on any atom is 0.220 e. The first-order valence-corrected chi connectivity index (χ1v) is 25.9. The van der Waals surface area contributed by atoms with E-state index in [9.17, 15) is 15.0 Å². The third kappa shape index (κ3) is 44.2. The molecule has 0 aliphatic carbocycles. The zero-order valence-electron chi connectivity index (χ0n) is 38.4. The van der Waals surface area contributed by atoms with Crippen molar-refractivity contribution in [2.45, 2.75) is 309 Å². The second kappa shape index (κ2) is 48.5. The quantitative estimate of drug-likeness (QED) is 0.0425. The fourth-order valence-electron chi connectivity index (χ4n) is 8.30. The van der Waals surface area contributed by atoms with E-state index in [2.05, 4.69) is 19.2 Å². The second-order valence-corrected chi connectivity index (χ2v) is 18.0. The SMILES string of the molecule is CCCCCCCCCCCCCCCCC/C=C/C(O)C(CO)NC(=O)CCCCCCCCCCCCCCCCCCCCCCCCCCCCC. The van der Waals surface area contributed by atoms with Crippen LogP contribution in [0.1, 0.15) is 296 Å². The molecule has 0 aromatic carbocycles. The molecule has 2 unspecified atom stereocenters. The Kier molecular flexibility index (Phi) is 47.7. The van der Waals surface area contributed by atoms with Gasteiger partial charge in [-0.3, -0.25) is 4.79 Å². The van der Waals surface area contributed by atoms with Crippen molar-refractivity contribution in [1.29, 1.82) is 0 Å². The smallest absolute Gasteiger partial charge is 0.220 e. The Bertz CT molecular complexity index is 769. The molecule has 0 aliphatic rings. The highest BCUT2D eigenvalue weighted by Crippen LogP contribution is 2.17. The molecule has 0 spiro atoms. The summed E-state index contributed by atoms with van der Waals surface area (Å²) in [7, 11) is 0. The van der Waals surface area contributed by atoms with Gasteiger partial charge in [-0.25, -0.2) is 0 Å². The van der Waals surface area contributed by atoms with Crippen LogP contribution in [0.2, 0.25) is 0 Å². The maximum absolute atomic E-state index is 12.4. The lowest BCUT2D eigenvalue weighted by molar-refractivity contribution is -0.123. The van der Waals surface area contributed by atoms with Gasteiger partial charge in [-0.1, -0.05) is 283 Å². The molecule has 4 heteroatoms. The second-order valence-electron chi connectivity index (χ2n) is 18.0. The van der Waals surface area contributed by atoms with E-state index in [4.69, 9.17) is 0 Å². The van der Waals surface area contributed by atoms with Gasteiger partial charge in [-0.05, 0) is 19.3 Å². The van der Waals surface area contributed by atoms with Crippen LogP contribution in [-0.2, 0) is 4.79 Å². The number of hydrogen-bond acceptors (Lipinski definition) is 3. The third-order valence-corrected chi connectivity index (χ3v) is 12.3. The van der Waals surface area contributed by atoms with Gasteiger partial charge in [0, 0.05) is 6.42 Å². The molecule has 4 nitrogen and oxygen atoms in total. The number of amides is 1. The van der Waals surface area contributed by atoms with Crippen molar-refractivity contribution in [3.8, 4) is 0 Å². The van der Waals surface area contributed by atoms with Gasteiger partial charge < -0.3 is 15.5 Å². The minimum atomic E-state index is -0.834. The van der Waals surface area contributed by atoms with E-state index in [1.54, 1.807) is 6.08 Å². The lowest BCUT2D eigenvalue weighted by Gasteiger charge is -2.20. The summed E-state index contributed by atoms with van der Waals surface area (Å²) in [5.41, 5.74) is 0. The molecule has 334 valence electrons. The summed E-state index contributed by atoms with van der Waals surface area (Å²) in [6.07, 6.45) is 62.1. The summed E-state index contributed by atoms with van der Waals surface area (Å²) in [6, 6.07) is -0.617. The molecule has 0 bridgehead atoms. The van der Waals surface area contributed by atoms with Gasteiger partial charge in [0.15, 0.2) is 0 Å². The molecular weight excluding hydrogens is 687 g/mol. The van der Waals surface area contributed by atoms with Crippen LogP contribution in [0.15, 0.2) is 12.2 Å². The molecule has 0 aromatic rings. The zero-order chi connectivity index (χ0) is 40.7. The van der Waals surface area contributed by atoms with Crippen molar-refractivity contribution >= 4 is 5.91 Å². The lowest BCUT2D eigenvalue weighted by Crippen LogP contribution is -2.45. The minimum Gasteiger partial charge on any atom is -0.394 e. The topological polar surface area (TPSA) is 69.6 Å². The number of aliphatic hydroxyl groups is 2. The van der Waals surface area contributed by atoms with Crippen LogP contribution < -0.4 is 5.32 Å². The number of allylic oxidation sites excluding steroid dienone is 1. The average Bonchev–Trinajstić information content (AvgIpc) is 3.20. The molecule has 0 aromatic heterocycles.